The van der Waals surface area contributed by atoms with Gasteiger partial charge in [0.25, 0.3) is 0 Å². The second-order valence-corrected chi connectivity index (χ2v) is 9.33. The van der Waals surface area contributed by atoms with Crippen molar-refractivity contribution in [3.05, 3.63) is 65.7 Å². The Labute approximate surface area is 172 Å². The van der Waals surface area contributed by atoms with Crippen LogP contribution in [-0.4, -0.2) is 28.0 Å². The van der Waals surface area contributed by atoms with Crippen molar-refractivity contribution in [2.45, 2.75) is 56.6 Å². The summed E-state index contributed by atoms with van der Waals surface area (Å²) in [6.45, 7) is 1.96. The van der Waals surface area contributed by atoms with E-state index in [0.29, 0.717) is 12.8 Å². The van der Waals surface area contributed by atoms with Crippen LogP contribution >= 0.6 is 7.82 Å². The van der Waals surface area contributed by atoms with Gasteiger partial charge in [-0.25, -0.2) is 4.57 Å². The predicted molar refractivity (Wildman–Crippen MR) is 113 cm³/mol. The minimum Gasteiger partial charge on any atom is -0.491 e. The van der Waals surface area contributed by atoms with E-state index in [4.69, 9.17) is 20.3 Å². The third-order valence-electron chi connectivity index (χ3n) is 5.53. The zero-order valence-electron chi connectivity index (χ0n) is 16.7. The number of nitrogens with two attached hydrogens (primary N) is 1. The fourth-order valence-corrected chi connectivity index (χ4v) is 4.33. The number of phosphoric ester groups is 1. The Morgan fingerprint density at radius 2 is 1.86 bits per heavy atom. The average molecular weight is 419 g/mol. The van der Waals surface area contributed by atoms with Crippen molar-refractivity contribution in [2.75, 3.05) is 6.61 Å². The van der Waals surface area contributed by atoms with Crippen molar-refractivity contribution in [3.63, 3.8) is 0 Å². The lowest BCUT2D eigenvalue weighted by molar-refractivity contribution is 0.153. The van der Waals surface area contributed by atoms with Crippen molar-refractivity contribution in [3.8, 4) is 5.75 Å². The topological polar surface area (TPSA) is 102 Å². The van der Waals surface area contributed by atoms with Crippen LogP contribution in [0.3, 0.4) is 0 Å². The van der Waals surface area contributed by atoms with Gasteiger partial charge in [0.2, 0.25) is 0 Å². The van der Waals surface area contributed by atoms with Gasteiger partial charge < -0.3 is 20.3 Å². The van der Waals surface area contributed by atoms with Crippen molar-refractivity contribution in [1.82, 2.24) is 0 Å². The molecule has 158 valence electrons. The molecule has 4 N–H and O–H groups in total. The summed E-state index contributed by atoms with van der Waals surface area (Å²) in [4.78, 5) is 17.8. The molecule has 0 aromatic heterocycles. The molecule has 0 amide bonds. The van der Waals surface area contributed by atoms with Crippen LogP contribution in [0.1, 0.15) is 49.7 Å². The van der Waals surface area contributed by atoms with Gasteiger partial charge in [-0.3, -0.25) is 4.52 Å². The van der Waals surface area contributed by atoms with Gasteiger partial charge in [0, 0.05) is 5.54 Å². The van der Waals surface area contributed by atoms with Gasteiger partial charge in [-0.15, -0.1) is 0 Å². The van der Waals surface area contributed by atoms with Gasteiger partial charge in [-0.05, 0) is 68.2 Å². The molecule has 2 aromatic rings. The standard InChI is InChI=1S/C22H30NO5P/c1-17(28-21-5-3-2-4-6-21)7-8-18-9-11-19(12-10-18)20-13-14-22(23,15-20)16-27-29(24,25)26/h2-6,9-12,17,20H,7-8,13-16,23H2,1H3,(H2,24,25,26)/t17-,20+,22+/m0/s1. The minimum absolute atomic E-state index is 0.120. The number of hydrogen-bond donors (Lipinski definition) is 3. The normalized spacial score (nSPS) is 23.1. The monoisotopic (exact) mass is 419 g/mol. The van der Waals surface area contributed by atoms with E-state index in [9.17, 15) is 4.57 Å². The number of aryl methyl sites for hydroxylation is 1. The Morgan fingerprint density at radius 3 is 2.52 bits per heavy atom. The maximum atomic E-state index is 10.9. The first-order valence-electron chi connectivity index (χ1n) is 10.0. The summed E-state index contributed by atoms with van der Waals surface area (Å²) in [6.07, 6.45) is 4.25. The van der Waals surface area contributed by atoms with Crippen LogP contribution < -0.4 is 10.5 Å². The fourth-order valence-electron chi connectivity index (χ4n) is 3.90. The lowest BCUT2D eigenvalue weighted by Crippen LogP contribution is -2.41. The lowest BCUT2D eigenvalue weighted by Gasteiger charge is -2.24. The number of benzene rings is 2. The Kier molecular flexibility index (Phi) is 7.14. The summed E-state index contributed by atoms with van der Waals surface area (Å²) in [6, 6.07) is 18.4. The summed E-state index contributed by atoms with van der Waals surface area (Å²) in [5.41, 5.74) is 8.08. The van der Waals surface area contributed by atoms with Crippen LogP contribution in [0.2, 0.25) is 0 Å². The molecule has 1 aliphatic carbocycles. The zero-order chi connectivity index (χ0) is 20.9. The second kappa shape index (κ2) is 9.41. The van der Waals surface area contributed by atoms with Gasteiger partial charge in [0.1, 0.15) is 5.75 Å². The quantitative estimate of drug-likeness (QED) is 0.528. The third kappa shape index (κ3) is 6.95. The van der Waals surface area contributed by atoms with Gasteiger partial charge in [-0.1, -0.05) is 42.5 Å². The summed E-state index contributed by atoms with van der Waals surface area (Å²) in [5, 5.41) is 0. The molecule has 2 aromatic carbocycles. The van der Waals surface area contributed by atoms with E-state index in [2.05, 4.69) is 35.7 Å². The number of hydrogen-bond acceptors (Lipinski definition) is 4. The lowest BCUT2D eigenvalue weighted by atomic mass is 9.92. The van der Waals surface area contributed by atoms with Gasteiger partial charge in [0.05, 0.1) is 12.7 Å². The molecule has 6 nitrogen and oxygen atoms in total. The molecule has 0 heterocycles. The minimum atomic E-state index is -4.49. The van der Waals surface area contributed by atoms with E-state index in [1.54, 1.807) is 0 Å². The van der Waals surface area contributed by atoms with Crippen LogP contribution in [0.25, 0.3) is 0 Å². The van der Waals surface area contributed by atoms with E-state index in [-0.39, 0.29) is 18.6 Å². The van der Waals surface area contributed by atoms with Crippen molar-refractivity contribution in [2.24, 2.45) is 5.73 Å². The van der Waals surface area contributed by atoms with E-state index >= 15 is 0 Å². The molecular formula is C22H30NO5P. The summed E-state index contributed by atoms with van der Waals surface area (Å²) in [7, 11) is -4.49. The molecule has 0 bridgehead atoms. The fraction of sp³-hybridized carbons (Fsp3) is 0.455. The van der Waals surface area contributed by atoms with E-state index in [0.717, 1.165) is 25.0 Å². The van der Waals surface area contributed by atoms with Crippen LogP contribution in [0.5, 0.6) is 5.75 Å². The first kappa shape index (κ1) is 22.0. The van der Waals surface area contributed by atoms with Crippen LogP contribution in [0, 0.1) is 0 Å². The predicted octanol–water partition coefficient (Wildman–Crippen LogP) is 4.16. The van der Waals surface area contributed by atoms with E-state index in [1.165, 1.54) is 11.1 Å². The maximum Gasteiger partial charge on any atom is 0.469 e. The summed E-state index contributed by atoms with van der Waals surface area (Å²) in [5.74, 6) is 1.18. The molecule has 1 fully saturated rings. The third-order valence-corrected chi connectivity index (χ3v) is 6.00. The molecule has 0 saturated heterocycles. The molecule has 0 aliphatic heterocycles. The average Bonchev–Trinajstić information content (AvgIpc) is 3.08. The molecule has 0 radical (unpaired) electrons. The molecule has 3 atom stereocenters. The second-order valence-electron chi connectivity index (χ2n) is 8.09. The molecule has 29 heavy (non-hydrogen) atoms. The smallest absolute Gasteiger partial charge is 0.469 e. The molecule has 7 heteroatoms. The van der Waals surface area contributed by atoms with Gasteiger partial charge in [0.15, 0.2) is 0 Å². The highest BCUT2D eigenvalue weighted by molar-refractivity contribution is 7.46. The van der Waals surface area contributed by atoms with Crippen LogP contribution in [0.4, 0.5) is 0 Å². The van der Waals surface area contributed by atoms with Crippen molar-refractivity contribution < 1.29 is 23.6 Å². The molecule has 0 unspecified atom stereocenters. The number of phosphoric acid groups is 1. The Balaban J connectivity index is 1.48. The number of ether oxygens (including phenoxy) is 1. The van der Waals surface area contributed by atoms with Gasteiger partial charge >= 0.3 is 7.82 Å². The first-order chi connectivity index (χ1) is 13.7. The Bertz CT molecular complexity index is 823. The highest BCUT2D eigenvalue weighted by Gasteiger charge is 2.38. The Hall–Kier alpha value is -1.69. The molecule has 1 aliphatic rings. The molecular weight excluding hydrogens is 389 g/mol. The summed E-state index contributed by atoms with van der Waals surface area (Å²) >= 11 is 0. The number of para-hydroxylation sites is 1. The van der Waals surface area contributed by atoms with E-state index < -0.39 is 13.4 Å². The van der Waals surface area contributed by atoms with Crippen LogP contribution in [-0.2, 0) is 15.5 Å². The van der Waals surface area contributed by atoms with E-state index in [1.807, 2.05) is 30.3 Å². The zero-order valence-corrected chi connectivity index (χ0v) is 17.6. The SMILES string of the molecule is C[C@@H](CCc1ccc([C@@H]2CC[C@](N)(COP(=O)(O)O)C2)cc1)Oc1ccccc1. The van der Waals surface area contributed by atoms with Crippen LogP contribution in [0.15, 0.2) is 54.6 Å². The summed E-state index contributed by atoms with van der Waals surface area (Å²) < 4.78 is 21.5. The first-order valence-corrected chi connectivity index (χ1v) is 11.5. The largest absolute Gasteiger partial charge is 0.491 e. The molecule has 3 rings (SSSR count). The van der Waals surface area contributed by atoms with Gasteiger partial charge in [-0.2, -0.15) is 0 Å². The Morgan fingerprint density at radius 1 is 1.17 bits per heavy atom. The highest BCUT2D eigenvalue weighted by atomic mass is 31.2. The van der Waals surface area contributed by atoms with Crippen molar-refractivity contribution in [1.29, 1.82) is 0 Å². The van der Waals surface area contributed by atoms with Crippen molar-refractivity contribution >= 4 is 7.82 Å². The number of rotatable bonds is 9. The molecule has 0 spiro atoms. The molecule has 1 saturated carbocycles. The maximum absolute atomic E-state index is 10.9. The highest BCUT2D eigenvalue weighted by Crippen LogP contribution is 2.43.